The highest BCUT2D eigenvalue weighted by molar-refractivity contribution is 5.80. The number of ether oxygens (including phenoxy) is 1. The van der Waals surface area contributed by atoms with Gasteiger partial charge in [0, 0.05) is 29.6 Å². The third-order valence-corrected chi connectivity index (χ3v) is 5.10. The fourth-order valence-corrected chi connectivity index (χ4v) is 3.15. The summed E-state index contributed by atoms with van der Waals surface area (Å²) in [7, 11) is 1.53. The lowest BCUT2D eigenvalue weighted by Gasteiger charge is -2.12. The number of nitrogens with two attached hydrogens (primary N) is 1. The van der Waals surface area contributed by atoms with Crippen LogP contribution in [0.2, 0.25) is 0 Å². The van der Waals surface area contributed by atoms with Gasteiger partial charge in [0.25, 0.3) is 0 Å². The van der Waals surface area contributed by atoms with Gasteiger partial charge in [-0.1, -0.05) is 6.92 Å². The standard InChI is InChI=1S/C23H24FN7O/c1-4-13(2)28-23-26-10-9-17(29-23)20-19(15-11-18(32-3)21(25)27-12-15)30-22(31-20)14-5-7-16(24)8-6-14/h5-13H,4H2,1-3H3,(H2,25,27)(H,30,31)(H,26,28,29). The zero-order valence-corrected chi connectivity index (χ0v) is 18.1. The van der Waals surface area contributed by atoms with Gasteiger partial charge in [0.15, 0.2) is 11.6 Å². The normalized spacial score (nSPS) is 11.9. The lowest BCUT2D eigenvalue weighted by Crippen LogP contribution is -2.15. The molecule has 0 saturated carbocycles. The molecular formula is C23H24FN7O. The first-order valence-corrected chi connectivity index (χ1v) is 10.2. The molecule has 3 aromatic heterocycles. The maximum atomic E-state index is 13.4. The molecule has 0 aliphatic heterocycles. The van der Waals surface area contributed by atoms with Crippen LogP contribution in [0.3, 0.4) is 0 Å². The first kappa shape index (κ1) is 21.2. The summed E-state index contributed by atoms with van der Waals surface area (Å²) in [5.41, 5.74) is 9.26. The summed E-state index contributed by atoms with van der Waals surface area (Å²) >= 11 is 0. The third-order valence-electron chi connectivity index (χ3n) is 5.10. The maximum Gasteiger partial charge on any atom is 0.223 e. The SMILES string of the molecule is CCC(C)Nc1nccc(-c2[nH]c(-c3ccc(F)cc3)nc2-c2cnc(N)c(OC)c2)n1. The molecule has 32 heavy (non-hydrogen) atoms. The average Bonchev–Trinajstić information content (AvgIpc) is 3.25. The molecule has 8 nitrogen and oxygen atoms in total. The molecule has 0 bridgehead atoms. The van der Waals surface area contributed by atoms with Crippen LogP contribution in [-0.2, 0) is 0 Å². The topological polar surface area (TPSA) is 115 Å². The lowest BCUT2D eigenvalue weighted by molar-refractivity contribution is 0.415. The van der Waals surface area contributed by atoms with E-state index in [0.29, 0.717) is 40.2 Å². The molecule has 0 saturated heterocycles. The minimum Gasteiger partial charge on any atom is -0.493 e. The molecule has 1 atom stereocenters. The predicted octanol–water partition coefficient (Wildman–Crippen LogP) is 4.54. The van der Waals surface area contributed by atoms with Crippen LogP contribution < -0.4 is 15.8 Å². The van der Waals surface area contributed by atoms with Crippen LogP contribution in [0.15, 0.2) is 48.8 Å². The zero-order chi connectivity index (χ0) is 22.7. The Morgan fingerprint density at radius 3 is 2.62 bits per heavy atom. The zero-order valence-electron chi connectivity index (χ0n) is 18.1. The van der Waals surface area contributed by atoms with Crippen LogP contribution >= 0.6 is 0 Å². The molecule has 164 valence electrons. The van der Waals surface area contributed by atoms with E-state index in [2.05, 4.69) is 39.1 Å². The van der Waals surface area contributed by atoms with Crippen molar-refractivity contribution in [3.8, 4) is 39.8 Å². The van der Waals surface area contributed by atoms with Gasteiger partial charge in [-0.3, -0.25) is 0 Å². The number of aromatic nitrogens is 5. The molecule has 1 unspecified atom stereocenters. The predicted molar refractivity (Wildman–Crippen MR) is 123 cm³/mol. The Hall–Kier alpha value is -4.01. The van der Waals surface area contributed by atoms with Crippen molar-refractivity contribution in [1.29, 1.82) is 0 Å². The van der Waals surface area contributed by atoms with Crippen LogP contribution in [-0.4, -0.2) is 38.1 Å². The maximum absolute atomic E-state index is 13.4. The third kappa shape index (κ3) is 4.36. The molecule has 4 rings (SSSR count). The van der Waals surface area contributed by atoms with Crippen molar-refractivity contribution in [3.63, 3.8) is 0 Å². The van der Waals surface area contributed by atoms with E-state index in [0.717, 1.165) is 12.0 Å². The highest BCUT2D eigenvalue weighted by Crippen LogP contribution is 2.34. The van der Waals surface area contributed by atoms with Crippen molar-refractivity contribution in [2.75, 3.05) is 18.2 Å². The van der Waals surface area contributed by atoms with Gasteiger partial charge in [0.1, 0.15) is 17.3 Å². The van der Waals surface area contributed by atoms with Crippen LogP contribution in [0.25, 0.3) is 34.0 Å². The fourth-order valence-electron chi connectivity index (χ4n) is 3.15. The quantitative estimate of drug-likeness (QED) is 0.392. The van der Waals surface area contributed by atoms with Gasteiger partial charge in [-0.2, -0.15) is 0 Å². The smallest absolute Gasteiger partial charge is 0.223 e. The number of nitrogens with zero attached hydrogens (tertiary/aromatic N) is 4. The summed E-state index contributed by atoms with van der Waals surface area (Å²) in [6.45, 7) is 4.15. The second-order valence-electron chi connectivity index (χ2n) is 7.35. The van der Waals surface area contributed by atoms with E-state index in [4.69, 9.17) is 15.5 Å². The first-order chi connectivity index (χ1) is 15.5. The van der Waals surface area contributed by atoms with E-state index in [9.17, 15) is 4.39 Å². The Labute approximate surface area is 185 Å². The number of anilines is 2. The molecule has 4 aromatic rings. The lowest BCUT2D eigenvalue weighted by atomic mass is 10.1. The number of nitrogens with one attached hydrogen (secondary N) is 2. The molecule has 4 N–H and O–H groups in total. The first-order valence-electron chi connectivity index (χ1n) is 10.2. The second kappa shape index (κ2) is 9.01. The summed E-state index contributed by atoms with van der Waals surface area (Å²) in [6, 6.07) is 9.92. The number of methoxy groups -OCH3 is 1. The number of hydrogen-bond acceptors (Lipinski definition) is 7. The minimum atomic E-state index is -0.315. The largest absolute Gasteiger partial charge is 0.493 e. The number of benzene rings is 1. The number of nitrogen functional groups attached to an aromatic ring is 1. The molecule has 3 heterocycles. The number of hydrogen-bond donors (Lipinski definition) is 3. The highest BCUT2D eigenvalue weighted by atomic mass is 19.1. The van der Waals surface area contributed by atoms with Crippen LogP contribution in [0.1, 0.15) is 20.3 Å². The van der Waals surface area contributed by atoms with Crippen molar-refractivity contribution < 1.29 is 9.13 Å². The summed E-state index contributed by atoms with van der Waals surface area (Å²) < 4.78 is 18.8. The molecule has 1 aromatic carbocycles. The number of imidazole rings is 1. The van der Waals surface area contributed by atoms with Crippen molar-refractivity contribution in [2.45, 2.75) is 26.3 Å². The van der Waals surface area contributed by atoms with Gasteiger partial charge in [-0.25, -0.2) is 24.3 Å². The van der Waals surface area contributed by atoms with Gasteiger partial charge in [-0.15, -0.1) is 0 Å². The fraction of sp³-hybridized carbons (Fsp3) is 0.217. The van der Waals surface area contributed by atoms with Crippen LogP contribution in [0.4, 0.5) is 16.2 Å². The van der Waals surface area contributed by atoms with Crippen molar-refractivity contribution in [3.05, 3.63) is 54.6 Å². The molecule has 0 aliphatic rings. The number of halogens is 1. The summed E-state index contributed by atoms with van der Waals surface area (Å²) in [6.07, 6.45) is 4.26. The summed E-state index contributed by atoms with van der Waals surface area (Å²) in [4.78, 5) is 21.3. The van der Waals surface area contributed by atoms with Gasteiger partial charge in [0.2, 0.25) is 5.95 Å². The Morgan fingerprint density at radius 1 is 1.12 bits per heavy atom. The van der Waals surface area contributed by atoms with E-state index < -0.39 is 0 Å². The van der Waals surface area contributed by atoms with Gasteiger partial charge >= 0.3 is 0 Å². The van der Waals surface area contributed by atoms with E-state index in [1.54, 1.807) is 36.7 Å². The minimum absolute atomic E-state index is 0.229. The van der Waals surface area contributed by atoms with Crippen molar-refractivity contribution >= 4 is 11.8 Å². The summed E-state index contributed by atoms with van der Waals surface area (Å²) in [5.74, 6) is 1.51. The molecule has 9 heteroatoms. The van der Waals surface area contributed by atoms with Crippen molar-refractivity contribution in [1.82, 2.24) is 24.9 Å². The molecule has 0 aliphatic carbocycles. The number of rotatable bonds is 7. The molecule has 0 fully saturated rings. The number of pyridine rings is 1. The van der Waals surface area contributed by atoms with Gasteiger partial charge in [-0.05, 0) is 49.7 Å². The molecular weight excluding hydrogens is 409 g/mol. The number of aromatic amines is 1. The van der Waals surface area contributed by atoms with Crippen molar-refractivity contribution in [2.24, 2.45) is 0 Å². The molecule has 0 amide bonds. The summed E-state index contributed by atoms with van der Waals surface area (Å²) in [5, 5.41) is 3.28. The Kier molecular flexibility index (Phi) is 5.98. The second-order valence-corrected chi connectivity index (χ2v) is 7.35. The molecule has 0 radical (unpaired) electrons. The van der Waals surface area contributed by atoms with E-state index in [1.807, 2.05) is 0 Å². The highest BCUT2D eigenvalue weighted by Gasteiger charge is 2.19. The average molecular weight is 433 g/mol. The van der Waals surface area contributed by atoms with Gasteiger partial charge in [0.05, 0.1) is 18.5 Å². The van der Waals surface area contributed by atoms with Crippen LogP contribution in [0, 0.1) is 5.82 Å². The Bertz CT molecular complexity index is 1220. The number of H-pyrrole nitrogens is 1. The van der Waals surface area contributed by atoms with E-state index in [1.165, 1.54) is 19.2 Å². The van der Waals surface area contributed by atoms with Crippen LogP contribution in [0.5, 0.6) is 5.75 Å². The van der Waals surface area contributed by atoms with Gasteiger partial charge < -0.3 is 20.8 Å². The Morgan fingerprint density at radius 2 is 1.91 bits per heavy atom. The monoisotopic (exact) mass is 433 g/mol. The molecule has 0 spiro atoms. The van der Waals surface area contributed by atoms with E-state index in [-0.39, 0.29) is 17.7 Å². The Balaban J connectivity index is 1.85. The van der Waals surface area contributed by atoms with E-state index >= 15 is 0 Å².